The molecule has 0 nitrogen and oxygen atoms in total. The molecule has 0 aliphatic heterocycles. The van der Waals surface area contributed by atoms with E-state index in [2.05, 4.69) is 110 Å². The largest absolute Gasteiger partial charge is 0.141 e. The minimum absolute atomic E-state index is 0.985. The van der Waals surface area contributed by atoms with Gasteiger partial charge < -0.3 is 0 Å². The predicted octanol–water partition coefficient (Wildman–Crippen LogP) is 8.56. The molecule has 0 aliphatic carbocycles. The lowest BCUT2D eigenvalue weighted by Gasteiger charge is -1.98. The Kier molecular flexibility index (Phi) is 6.46. The van der Waals surface area contributed by atoms with E-state index in [0.29, 0.717) is 0 Å². The monoisotopic (exact) mass is 470 g/mol. The predicted molar refractivity (Wildman–Crippen MR) is 147 cm³/mol. The number of benzene rings is 3. The summed E-state index contributed by atoms with van der Waals surface area (Å²) in [5, 5.41) is 0. The van der Waals surface area contributed by atoms with Gasteiger partial charge in [0.25, 0.3) is 0 Å². The Morgan fingerprint density at radius 2 is 0.676 bits per heavy atom. The first-order valence-electron chi connectivity index (χ1n) is 11.1. The fraction of sp³-hybridized carbons (Fsp3) is 0.0625. The Bertz CT molecular complexity index is 1420. The molecule has 34 heavy (non-hydrogen) atoms. The molecule has 2 aromatic heterocycles. The molecule has 0 saturated carbocycles. The minimum atomic E-state index is 0.985. The van der Waals surface area contributed by atoms with Crippen LogP contribution in [-0.4, -0.2) is 0 Å². The van der Waals surface area contributed by atoms with Crippen LogP contribution in [0.25, 0.3) is 20.9 Å². The van der Waals surface area contributed by atoms with Crippen LogP contribution in [0.1, 0.15) is 32.0 Å². The number of hydrogen-bond donors (Lipinski definition) is 0. The van der Waals surface area contributed by atoms with E-state index >= 15 is 0 Å². The van der Waals surface area contributed by atoms with E-state index in [1.165, 1.54) is 30.6 Å². The van der Waals surface area contributed by atoms with Gasteiger partial charge >= 0.3 is 0 Å². The quantitative estimate of drug-likeness (QED) is 0.227. The molecular formula is C32H22S2. The van der Waals surface area contributed by atoms with Gasteiger partial charge in [-0.3, -0.25) is 0 Å². The van der Waals surface area contributed by atoms with Crippen LogP contribution in [0.15, 0.2) is 97.1 Å². The maximum Gasteiger partial charge on any atom is 0.0345 e. The molecule has 0 aliphatic rings. The third-order valence-corrected chi connectivity index (χ3v) is 7.51. The van der Waals surface area contributed by atoms with Crippen molar-refractivity contribution in [3.63, 3.8) is 0 Å². The number of rotatable bonds is 2. The summed E-state index contributed by atoms with van der Waals surface area (Å²) < 4.78 is 0. The first-order chi connectivity index (χ1) is 16.6. The lowest BCUT2D eigenvalue weighted by atomic mass is 10.1. The van der Waals surface area contributed by atoms with Crippen molar-refractivity contribution in [3.8, 4) is 44.6 Å². The Hall–Kier alpha value is -3.82. The van der Waals surface area contributed by atoms with E-state index in [4.69, 9.17) is 0 Å². The van der Waals surface area contributed by atoms with Gasteiger partial charge in [-0.15, -0.1) is 22.7 Å². The molecule has 2 heterocycles. The summed E-state index contributed by atoms with van der Waals surface area (Å²) in [6, 6.07) is 33.7. The summed E-state index contributed by atoms with van der Waals surface area (Å²) in [5.74, 6) is 13.0. The van der Waals surface area contributed by atoms with Crippen molar-refractivity contribution in [3.05, 3.63) is 129 Å². The van der Waals surface area contributed by atoms with Crippen LogP contribution >= 0.6 is 22.7 Å². The smallest absolute Gasteiger partial charge is 0.0345 e. The fourth-order valence-electron chi connectivity index (χ4n) is 3.54. The van der Waals surface area contributed by atoms with E-state index in [1.54, 1.807) is 0 Å². The van der Waals surface area contributed by atoms with Crippen molar-refractivity contribution < 1.29 is 0 Å². The van der Waals surface area contributed by atoms with Gasteiger partial charge in [0.1, 0.15) is 0 Å². The SMILES string of the molecule is Cc1ccc(-c2ccc(C#Cc3ccc(C#Cc4ccc(-c5ccc(C)s5)cc4)cc3)cc2)s1. The molecule has 162 valence electrons. The standard InChI is InChI=1S/C32H22S2/c1-23-3-21-31(33-23)29-17-13-27(14-18-29)11-9-25-5-7-26(8-6-25)10-12-28-15-19-30(20-16-28)32-22-4-24(2)34-32/h3-8,13-22H,1-2H3. The molecule has 0 bridgehead atoms. The molecule has 2 heteroatoms. The molecule has 0 unspecified atom stereocenters. The number of hydrogen-bond acceptors (Lipinski definition) is 2. The third-order valence-electron chi connectivity index (χ3n) is 5.41. The normalized spacial score (nSPS) is 10.2. The van der Waals surface area contributed by atoms with Gasteiger partial charge in [0.05, 0.1) is 0 Å². The zero-order chi connectivity index (χ0) is 23.3. The average molecular weight is 471 g/mol. The highest BCUT2D eigenvalue weighted by Crippen LogP contribution is 2.28. The molecule has 0 fully saturated rings. The summed E-state index contributed by atoms with van der Waals surface area (Å²) >= 11 is 3.63. The summed E-state index contributed by atoms with van der Waals surface area (Å²) in [7, 11) is 0. The van der Waals surface area contributed by atoms with Crippen molar-refractivity contribution >= 4 is 22.7 Å². The fourth-order valence-corrected chi connectivity index (χ4v) is 5.29. The van der Waals surface area contributed by atoms with Crippen molar-refractivity contribution in [2.24, 2.45) is 0 Å². The Morgan fingerprint density at radius 1 is 0.382 bits per heavy atom. The van der Waals surface area contributed by atoms with E-state index in [9.17, 15) is 0 Å². The van der Waals surface area contributed by atoms with E-state index < -0.39 is 0 Å². The van der Waals surface area contributed by atoms with Gasteiger partial charge in [-0.25, -0.2) is 0 Å². The third kappa shape index (κ3) is 5.38. The van der Waals surface area contributed by atoms with Crippen LogP contribution in [0.3, 0.4) is 0 Å². The summed E-state index contributed by atoms with van der Waals surface area (Å²) in [5.41, 5.74) is 6.48. The van der Waals surface area contributed by atoms with Crippen LogP contribution in [0, 0.1) is 37.5 Å². The Labute approximate surface area is 209 Å². The Balaban J connectivity index is 1.24. The second-order valence-electron chi connectivity index (χ2n) is 8.05. The van der Waals surface area contributed by atoms with Crippen LogP contribution in [0.2, 0.25) is 0 Å². The van der Waals surface area contributed by atoms with E-state index in [-0.39, 0.29) is 0 Å². The second kappa shape index (κ2) is 9.98. The van der Waals surface area contributed by atoms with Crippen LogP contribution in [0.4, 0.5) is 0 Å². The Morgan fingerprint density at radius 3 is 0.941 bits per heavy atom. The zero-order valence-electron chi connectivity index (χ0n) is 19.1. The molecular weight excluding hydrogens is 448 g/mol. The molecule has 0 atom stereocenters. The minimum Gasteiger partial charge on any atom is -0.141 e. The van der Waals surface area contributed by atoms with Crippen molar-refractivity contribution in [2.45, 2.75) is 13.8 Å². The van der Waals surface area contributed by atoms with Crippen LogP contribution in [0.5, 0.6) is 0 Å². The summed E-state index contributed by atoms with van der Waals surface area (Å²) in [6.07, 6.45) is 0. The van der Waals surface area contributed by atoms with Gasteiger partial charge in [0.15, 0.2) is 0 Å². The molecule has 0 saturated heterocycles. The maximum absolute atomic E-state index is 3.26. The molecule has 5 rings (SSSR count). The lowest BCUT2D eigenvalue weighted by Crippen LogP contribution is -1.80. The zero-order valence-corrected chi connectivity index (χ0v) is 20.7. The van der Waals surface area contributed by atoms with Crippen molar-refractivity contribution in [2.75, 3.05) is 0 Å². The van der Waals surface area contributed by atoms with Crippen LogP contribution < -0.4 is 0 Å². The average Bonchev–Trinajstić information content (AvgIpc) is 3.51. The molecule has 5 aromatic rings. The first kappa shape index (κ1) is 22.0. The summed E-state index contributed by atoms with van der Waals surface area (Å²) in [6.45, 7) is 4.27. The highest BCUT2D eigenvalue weighted by atomic mass is 32.1. The van der Waals surface area contributed by atoms with Gasteiger partial charge in [-0.1, -0.05) is 47.9 Å². The van der Waals surface area contributed by atoms with E-state index in [0.717, 1.165) is 22.3 Å². The van der Waals surface area contributed by atoms with Gasteiger partial charge in [0.2, 0.25) is 0 Å². The van der Waals surface area contributed by atoms with Crippen molar-refractivity contribution in [1.29, 1.82) is 0 Å². The van der Waals surface area contributed by atoms with Crippen LogP contribution in [-0.2, 0) is 0 Å². The topological polar surface area (TPSA) is 0 Å². The lowest BCUT2D eigenvalue weighted by molar-refractivity contribution is 1.59. The highest BCUT2D eigenvalue weighted by molar-refractivity contribution is 7.15. The van der Waals surface area contributed by atoms with Gasteiger partial charge in [-0.05, 0) is 97.8 Å². The second-order valence-corrected chi connectivity index (χ2v) is 10.6. The van der Waals surface area contributed by atoms with Gasteiger partial charge in [-0.2, -0.15) is 0 Å². The molecule has 0 amide bonds. The maximum atomic E-state index is 3.26. The van der Waals surface area contributed by atoms with Gasteiger partial charge in [0, 0.05) is 41.8 Å². The molecule has 0 radical (unpaired) electrons. The number of thiophene rings is 2. The first-order valence-corrected chi connectivity index (χ1v) is 12.7. The summed E-state index contributed by atoms with van der Waals surface area (Å²) in [4.78, 5) is 5.24. The van der Waals surface area contributed by atoms with Crippen molar-refractivity contribution in [1.82, 2.24) is 0 Å². The number of aryl methyl sites for hydroxylation is 2. The molecule has 3 aromatic carbocycles. The molecule has 0 N–H and O–H groups in total. The van der Waals surface area contributed by atoms with E-state index in [1.807, 2.05) is 46.9 Å². The molecule has 0 spiro atoms. The highest BCUT2D eigenvalue weighted by Gasteiger charge is 2.01.